The van der Waals surface area contributed by atoms with Crippen LogP contribution in [0, 0.1) is 5.82 Å². The predicted molar refractivity (Wildman–Crippen MR) is 86.1 cm³/mol. The molecule has 2 heterocycles. The van der Waals surface area contributed by atoms with Crippen LogP contribution in [0.1, 0.15) is 15.2 Å². The molecular formula is C17H14FNO3S. The van der Waals surface area contributed by atoms with Gasteiger partial charge in [0.05, 0.1) is 19.9 Å². The molecule has 0 spiro atoms. The van der Waals surface area contributed by atoms with Gasteiger partial charge in [-0.3, -0.25) is 4.79 Å². The van der Waals surface area contributed by atoms with Gasteiger partial charge in [-0.2, -0.15) is 0 Å². The first-order valence-corrected chi connectivity index (χ1v) is 7.78. The Labute approximate surface area is 136 Å². The predicted octanol–water partition coefficient (Wildman–Crippen LogP) is 4.09. The Morgan fingerprint density at radius 1 is 1.35 bits per heavy atom. The van der Waals surface area contributed by atoms with Gasteiger partial charge in [0.1, 0.15) is 5.76 Å². The summed E-state index contributed by atoms with van der Waals surface area (Å²) >= 11 is 1.53. The molecule has 0 saturated heterocycles. The number of hydrogen-bond donors (Lipinski definition) is 1. The molecule has 1 aromatic carbocycles. The molecule has 0 bridgehead atoms. The van der Waals surface area contributed by atoms with Gasteiger partial charge in [0.25, 0.3) is 5.91 Å². The maximum Gasteiger partial charge on any atom is 0.251 e. The lowest BCUT2D eigenvalue weighted by Gasteiger charge is -2.06. The lowest BCUT2D eigenvalue weighted by molar-refractivity contribution is 0.0951. The van der Waals surface area contributed by atoms with Gasteiger partial charge in [0, 0.05) is 21.4 Å². The third-order valence-corrected chi connectivity index (χ3v) is 4.23. The van der Waals surface area contributed by atoms with Crippen molar-refractivity contribution < 1.29 is 18.3 Å². The Morgan fingerprint density at radius 3 is 2.91 bits per heavy atom. The Kier molecular flexibility index (Phi) is 4.43. The number of methoxy groups -OCH3 is 1. The molecule has 0 atom stereocenters. The highest BCUT2D eigenvalue weighted by Crippen LogP contribution is 2.26. The normalized spacial score (nSPS) is 10.5. The third kappa shape index (κ3) is 3.43. The molecule has 0 aliphatic heterocycles. The molecule has 3 aromatic rings. The van der Waals surface area contributed by atoms with E-state index in [9.17, 15) is 9.18 Å². The summed E-state index contributed by atoms with van der Waals surface area (Å²) in [7, 11) is 1.38. The van der Waals surface area contributed by atoms with Crippen molar-refractivity contribution in [2.75, 3.05) is 7.11 Å². The molecule has 0 aliphatic rings. The first kappa shape index (κ1) is 15.3. The molecule has 23 heavy (non-hydrogen) atoms. The van der Waals surface area contributed by atoms with Crippen LogP contribution in [0.4, 0.5) is 4.39 Å². The maximum absolute atomic E-state index is 13.6. The van der Waals surface area contributed by atoms with Crippen molar-refractivity contribution >= 4 is 17.2 Å². The Balaban J connectivity index is 1.64. The minimum atomic E-state index is -0.559. The number of thiophene rings is 1. The van der Waals surface area contributed by atoms with Crippen molar-refractivity contribution in [1.29, 1.82) is 0 Å². The van der Waals surface area contributed by atoms with Crippen LogP contribution >= 0.6 is 11.3 Å². The molecule has 0 radical (unpaired) electrons. The number of amides is 1. The monoisotopic (exact) mass is 331 g/mol. The molecule has 0 aliphatic carbocycles. The van der Waals surface area contributed by atoms with Crippen LogP contribution in [0.3, 0.4) is 0 Å². The fraction of sp³-hybridized carbons (Fsp3) is 0.118. The second-order valence-electron chi connectivity index (χ2n) is 4.81. The summed E-state index contributed by atoms with van der Waals surface area (Å²) < 4.78 is 23.8. The van der Waals surface area contributed by atoms with Crippen molar-refractivity contribution in [1.82, 2.24) is 5.32 Å². The van der Waals surface area contributed by atoms with Crippen LogP contribution in [-0.2, 0) is 6.54 Å². The van der Waals surface area contributed by atoms with E-state index in [2.05, 4.69) is 5.32 Å². The second-order valence-corrected chi connectivity index (χ2v) is 5.81. The number of halogens is 1. The highest BCUT2D eigenvalue weighted by Gasteiger charge is 2.11. The van der Waals surface area contributed by atoms with Crippen LogP contribution in [0.25, 0.3) is 11.3 Å². The number of nitrogens with one attached hydrogen (secondary N) is 1. The zero-order valence-corrected chi connectivity index (χ0v) is 13.2. The van der Waals surface area contributed by atoms with Crippen molar-refractivity contribution in [3.05, 3.63) is 64.3 Å². The number of benzene rings is 1. The van der Waals surface area contributed by atoms with Crippen molar-refractivity contribution in [3.63, 3.8) is 0 Å². The zero-order valence-electron chi connectivity index (χ0n) is 12.3. The Hall–Kier alpha value is -2.60. The van der Waals surface area contributed by atoms with Crippen molar-refractivity contribution in [3.8, 4) is 17.1 Å². The van der Waals surface area contributed by atoms with E-state index in [-0.39, 0.29) is 17.2 Å². The van der Waals surface area contributed by atoms with E-state index < -0.39 is 5.82 Å². The van der Waals surface area contributed by atoms with Crippen molar-refractivity contribution in [2.45, 2.75) is 6.54 Å². The third-order valence-electron chi connectivity index (χ3n) is 3.30. The largest absolute Gasteiger partial charge is 0.494 e. The van der Waals surface area contributed by atoms with E-state index in [1.54, 1.807) is 6.26 Å². The summed E-state index contributed by atoms with van der Waals surface area (Å²) in [6, 6.07) is 9.79. The number of hydrogen-bond acceptors (Lipinski definition) is 4. The van der Waals surface area contributed by atoms with Gasteiger partial charge >= 0.3 is 0 Å². The SMILES string of the molecule is COc1ccc(C(=O)NCc2cc(-c3ccco3)cs2)cc1F. The van der Waals surface area contributed by atoms with E-state index >= 15 is 0 Å². The molecule has 0 fully saturated rings. The number of carbonyl (C=O) groups is 1. The van der Waals surface area contributed by atoms with E-state index in [1.165, 1.54) is 30.6 Å². The van der Waals surface area contributed by atoms with E-state index in [0.29, 0.717) is 6.54 Å². The number of carbonyl (C=O) groups excluding carboxylic acids is 1. The molecular weight excluding hydrogens is 317 g/mol. The smallest absolute Gasteiger partial charge is 0.251 e. The Bertz CT molecular complexity index is 811. The van der Waals surface area contributed by atoms with Gasteiger partial charge in [-0.25, -0.2) is 4.39 Å². The summed E-state index contributed by atoms with van der Waals surface area (Å²) in [6.45, 7) is 0.373. The quantitative estimate of drug-likeness (QED) is 0.766. The maximum atomic E-state index is 13.6. The van der Waals surface area contributed by atoms with Gasteiger partial charge in [-0.05, 0) is 36.4 Å². The standard InChI is InChI=1S/C17H14FNO3S/c1-21-16-5-4-11(8-14(16)18)17(20)19-9-13-7-12(10-23-13)15-3-2-6-22-15/h2-8,10H,9H2,1H3,(H,19,20). The van der Waals surface area contributed by atoms with Crippen molar-refractivity contribution in [2.24, 2.45) is 0 Å². The molecule has 3 rings (SSSR count). The molecule has 2 aromatic heterocycles. The topological polar surface area (TPSA) is 51.5 Å². The van der Waals surface area contributed by atoms with E-state index in [4.69, 9.17) is 9.15 Å². The molecule has 6 heteroatoms. The van der Waals surface area contributed by atoms with Crippen LogP contribution in [0.15, 0.2) is 52.5 Å². The van der Waals surface area contributed by atoms with Crippen LogP contribution < -0.4 is 10.1 Å². The fourth-order valence-electron chi connectivity index (χ4n) is 2.12. The Morgan fingerprint density at radius 2 is 2.22 bits per heavy atom. The van der Waals surface area contributed by atoms with Crippen LogP contribution in [0.5, 0.6) is 5.75 Å². The zero-order chi connectivity index (χ0) is 16.2. The molecule has 1 amide bonds. The molecule has 118 valence electrons. The summed E-state index contributed by atoms with van der Waals surface area (Å²) in [5.74, 6) is 0.00910. The van der Waals surface area contributed by atoms with Gasteiger partial charge in [-0.15, -0.1) is 11.3 Å². The van der Waals surface area contributed by atoms with E-state index in [1.807, 2.05) is 23.6 Å². The summed E-state index contributed by atoms with van der Waals surface area (Å²) in [6.07, 6.45) is 1.62. The molecule has 0 unspecified atom stereocenters. The molecule has 1 N–H and O–H groups in total. The summed E-state index contributed by atoms with van der Waals surface area (Å²) in [5, 5.41) is 4.74. The minimum Gasteiger partial charge on any atom is -0.494 e. The average Bonchev–Trinajstić information content (AvgIpc) is 3.23. The highest BCUT2D eigenvalue weighted by atomic mass is 32.1. The number of furan rings is 1. The molecule has 4 nitrogen and oxygen atoms in total. The number of ether oxygens (including phenoxy) is 1. The second kappa shape index (κ2) is 6.66. The van der Waals surface area contributed by atoms with Crippen LogP contribution in [-0.4, -0.2) is 13.0 Å². The molecule has 0 saturated carbocycles. The fourth-order valence-corrected chi connectivity index (χ4v) is 2.94. The number of rotatable bonds is 5. The highest BCUT2D eigenvalue weighted by molar-refractivity contribution is 7.10. The first-order valence-electron chi connectivity index (χ1n) is 6.90. The minimum absolute atomic E-state index is 0.114. The summed E-state index contributed by atoms with van der Waals surface area (Å²) in [4.78, 5) is 13.1. The lowest BCUT2D eigenvalue weighted by Crippen LogP contribution is -2.22. The van der Waals surface area contributed by atoms with Gasteiger partial charge in [0.2, 0.25) is 0 Å². The summed E-state index contributed by atoms with van der Waals surface area (Å²) in [5.41, 5.74) is 1.23. The van der Waals surface area contributed by atoms with Gasteiger partial charge in [0.15, 0.2) is 11.6 Å². The van der Waals surface area contributed by atoms with Gasteiger partial charge in [-0.1, -0.05) is 0 Å². The van der Waals surface area contributed by atoms with E-state index in [0.717, 1.165) is 22.3 Å². The lowest BCUT2D eigenvalue weighted by atomic mass is 10.2. The average molecular weight is 331 g/mol. The van der Waals surface area contributed by atoms with Gasteiger partial charge < -0.3 is 14.5 Å². The van der Waals surface area contributed by atoms with Crippen LogP contribution in [0.2, 0.25) is 0 Å². The first-order chi connectivity index (χ1) is 11.2.